The number of carbonyl (C=O) groups excluding carboxylic acids is 1. The molecule has 0 aliphatic heterocycles. The number of nitrogens with two attached hydrogens (primary N) is 1. The van der Waals surface area contributed by atoms with Crippen molar-refractivity contribution >= 4 is 11.6 Å². The van der Waals surface area contributed by atoms with E-state index in [4.69, 9.17) is 5.73 Å². The summed E-state index contributed by atoms with van der Waals surface area (Å²) >= 11 is 0. The lowest BCUT2D eigenvalue weighted by molar-refractivity contribution is -0.123. The number of hydrogen-bond acceptors (Lipinski definition) is 2. The Labute approximate surface area is 106 Å². The number of amides is 1. The summed E-state index contributed by atoms with van der Waals surface area (Å²) in [4.78, 5) is 11.9. The zero-order valence-electron chi connectivity index (χ0n) is 10.2. The summed E-state index contributed by atoms with van der Waals surface area (Å²) in [6.45, 7) is 0. The first kappa shape index (κ1) is 11.5. The molecule has 96 valence electrons. The van der Waals surface area contributed by atoms with Crippen molar-refractivity contribution in [1.29, 1.82) is 0 Å². The van der Waals surface area contributed by atoms with Gasteiger partial charge in [0.1, 0.15) is 11.4 Å². The van der Waals surface area contributed by atoms with Crippen LogP contribution in [0.2, 0.25) is 0 Å². The van der Waals surface area contributed by atoms with Gasteiger partial charge in [-0.2, -0.15) is 0 Å². The molecule has 0 aromatic heterocycles. The molecule has 0 radical (unpaired) electrons. The van der Waals surface area contributed by atoms with Gasteiger partial charge in [0, 0.05) is 5.69 Å². The molecule has 2 bridgehead atoms. The minimum Gasteiger partial charge on any atom is -0.371 e. The predicted molar refractivity (Wildman–Crippen MR) is 67.4 cm³/mol. The fraction of sp³-hybridized carbons (Fsp3) is 0.500. The number of fused-ring (bicyclic) bond motifs is 2. The third kappa shape index (κ3) is 1.67. The van der Waals surface area contributed by atoms with Gasteiger partial charge in [-0.15, -0.1) is 0 Å². The molecule has 1 amide bonds. The average Bonchev–Trinajstić information content (AvgIpc) is 2.93. The monoisotopic (exact) mass is 248 g/mol. The van der Waals surface area contributed by atoms with Crippen LogP contribution in [-0.2, 0) is 4.79 Å². The maximum absolute atomic E-state index is 12.9. The van der Waals surface area contributed by atoms with Crippen LogP contribution >= 0.6 is 0 Å². The van der Waals surface area contributed by atoms with E-state index in [1.807, 2.05) is 0 Å². The Kier molecular flexibility index (Phi) is 2.54. The second kappa shape index (κ2) is 3.97. The van der Waals surface area contributed by atoms with Crippen LogP contribution in [0.3, 0.4) is 0 Å². The van der Waals surface area contributed by atoms with Gasteiger partial charge >= 0.3 is 0 Å². The van der Waals surface area contributed by atoms with E-state index in [2.05, 4.69) is 5.32 Å². The number of benzene rings is 1. The Morgan fingerprint density at radius 2 is 2.06 bits per heavy atom. The molecule has 1 aromatic carbocycles. The molecule has 2 aliphatic carbocycles. The topological polar surface area (TPSA) is 55.1 Å². The molecular weight excluding hydrogens is 231 g/mol. The fourth-order valence-corrected chi connectivity index (χ4v) is 3.64. The minimum absolute atomic E-state index is 0.276. The van der Waals surface area contributed by atoms with Crippen molar-refractivity contribution in [1.82, 2.24) is 0 Å². The van der Waals surface area contributed by atoms with Crippen molar-refractivity contribution in [2.24, 2.45) is 17.6 Å². The van der Waals surface area contributed by atoms with Gasteiger partial charge in [-0.05, 0) is 61.8 Å². The van der Waals surface area contributed by atoms with Crippen LogP contribution in [0, 0.1) is 17.7 Å². The van der Waals surface area contributed by atoms with Crippen LogP contribution in [0.4, 0.5) is 10.1 Å². The fourth-order valence-electron chi connectivity index (χ4n) is 3.64. The molecule has 0 spiro atoms. The quantitative estimate of drug-likeness (QED) is 0.862. The zero-order chi connectivity index (χ0) is 12.8. The van der Waals surface area contributed by atoms with E-state index in [0.717, 1.165) is 24.9 Å². The molecule has 0 saturated heterocycles. The first-order chi connectivity index (χ1) is 8.60. The Morgan fingerprint density at radius 1 is 1.33 bits per heavy atom. The van der Waals surface area contributed by atoms with E-state index in [9.17, 15) is 9.18 Å². The van der Waals surface area contributed by atoms with Gasteiger partial charge in [-0.3, -0.25) is 4.79 Å². The first-order valence-electron chi connectivity index (χ1n) is 6.44. The highest BCUT2D eigenvalue weighted by atomic mass is 19.1. The van der Waals surface area contributed by atoms with Crippen molar-refractivity contribution in [3.8, 4) is 0 Å². The average molecular weight is 248 g/mol. The number of nitrogens with one attached hydrogen (secondary N) is 1. The van der Waals surface area contributed by atoms with E-state index in [-0.39, 0.29) is 11.7 Å². The summed E-state index contributed by atoms with van der Waals surface area (Å²) in [7, 11) is 0. The normalized spacial score (nSPS) is 33.6. The van der Waals surface area contributed by atoms with Gasteiger partial charge in [-0.1, -0.05) is 0 Å². The molecule has 3 rings (SSSR count). The maximum atomic E-state index is 12.9. The van der Waals surface area contributed by atoms with Crippen LogP contribution in [-0.4, -0.2) is 11.4 Å². The van der Waals surface area contributed by atoms with Crippen molar-refractivity contribution in [3.63, 3.8) is 0 Å². The summed E-state index contributed by atoms with van der Waals surface area (Å²) in [5.41, 5.74) is 5.76. The molecule has 4 heteroatoms. The number of primary amides is 1. The van der Waals surface area contributed by atoms with Gasteiger partial charge in [0.2, 0.25) is 5.91 Å². The van der Waals surface area contributed by atoms with Crippen molar-refractivity contribution < 1.29 is 9.18 Å². The van der Waals surface area contributed by atoms with E-state index in [0.29, 0.717) is 11.8 Å². The molecular formula is C14H17FN2O. The number of anilines is 1. The lowest BCUT2D eigenvalue weighted by Crippen LogP contribution is -2.54. The van der Waals surface area contributed by atoms with Crippen LogP contribution in [0.1, 0.15) is 25.7 Å². The smallest absolute Gasteiger partial charge is 0.243 e. The molecule has 18 heavy (non-hydrogen) atoms. The van der Waals surface area contributed by atoms with Gasteiger partial charge in [-0.25, -0.2) is 4.39 Å². The van der Waals surface area contributed by atoms with Gasteiger partial charge in [0.05, 0.1) is 0 Å². The van der Waals surface area contributed by atoms with Gasteiger partial charge in [0.25, 0.3) is 0 Å². The van der Waals surface area contributed by atoms with E-state index in [1.165, 1.54) is 18.6 Å². The molecule has 2 aliphatic rings. The third-order valence-corrected chi connectivity index (χ3v) is 4.50. The lowest BCUT2D eigenvalue weighted by atomic mass is 9.80. The highest BCUT2D eigenvalue weighted by Gasteiger charge is 2.54. The summed E-state index contributed by atoms with van der Waals surface area (Å²) in [5.74, 6) is 0.376. The molecule has 2 saturated carbocycles. The minimum atomic E-state index is -0.624. The summed E-state index contributed by atoms with van der Waals surface area (Å²) in [6.07, 6.45) is 4.15. The Morgan fingerprint density at radius 3 is 2.56 bits per heavy atom. The number of rotatable bonds is 3. The van der Waals surface area contributed by atoms with E-state index < -0.39 is 5.54 Å². The molecule has 3 unspecified atom stereocenters. The van der Waals surface area contributed by atoms with Crippen LogP contribution < -0.4 is 11.1 Å². The van der Waals surface area contributed by atoms with Gasteiger partial charge < -0.3 is 11.1 Å². The SMILES string of the molecule is NC(=O)C1(Nc2ccc(F)cc2)CC2CCC1C2. The standard InChI is InChI=1S/C14H17FN2O/c15-11-3-5-12(6-4-11)17-14(13(16)18)8-9-1-2-10(14)7-9/h3-6,9-10,17H,1-2,7-8H2,(H2,16,18). The number of hydrogen-bond donors (Lipinski definition) is 2. The second-order valence-corrected chi connectivity index (χ2v) is 5.55. The summed E-state index contributed by atoms with van der Waals surface area (Å²) < 4.78 is 12.9. The highest BCUT2D eigenvalue weighted by molar-refractivity contribution is 5.89. The molecule has 1 aromatic rings. The molecule has 2 fully saturated rings. The molecule has 3 atom stereocenters. The van der Waals surface area contributed by atoms with Crippen molar-refractivity contribution in [3.05, 3.63) is 30.1 Å². The molecule has 3 N–H and O–H groups in total. The second-order valence-electron chi connectivity index (χ2n) is 5.55. The zero-order valence-corrected chi connectivity index (χ0v) is 10.2. The van der Waals surface area contributed by atoms with E-state index in [1.54, 1.807) is 12.1 Å². The van der Waals surface area contributed by atoms with Crippen LogP contribution in [0.15, 0.2) is 24.3 Å². The van der Waals surface area contributed by atoms with E-state index >= 15 is 0 Å². The summed E-state index contributed by atoms with van der Waals surface area (Å²) in [5, 5.41) is 3.27. The lowest BCUT2D eigenvalue weighted by Gasteiger charge is -2.36. The van der Waals surface area contributed by atoms with Crippen LogP contribution in [0.25, 0.3) is 0 Å². The Hall–Kier alpha value is -1.58. The Balaban J connectivity index is 1.88. The maximum Gasteiger partial charge on any atom is 0.243 e. The third-order valence-electron chi connectivity index (χ3n) is 4.50. The highest BCUT2D eigenvalue weighted by Crippen LogP contribution is 2.51. The number of carbonyl (C=O) groups is 1. The summed E-state index contributed by atoms with van der Waals surface area (Å²) in [6, 6.07) is 6.10. The van der Waals surface area contributed by atoms with Gasteiger partial charge in [0.15, 0.2) is 0 Å². The van der Waals surface area contributed by atoms with Crippen molar-refractivity contribution in [2.75, 3.05) is 5.32 Å². The van der Waals surface area contributed by atoms with Crippen molar-refractivity contribution in [2.45, 2.75) is 31.2 Å². The predicted octanol–water partition coefficient (Wildman–Crippen LogP) is 2.28. The molecule has 0 heterocycles. The molecule has 3 nitrogen and oxygen atoms in total. The number of halogens is 1. The first-order valence-corrected chi connectivity index (χ1v) is 6.44. The Bertz CT molecular complexity index is 473. The van der Waals surface area contributed by atoms with Crippen LogP contribution in [0.5, 0.6) is 0 Å². The largest absolute Gasteiger partial charge is 0.371 e.